The van der Waals surface area contributed by atoms with Gasteiger partial charge in [-0.05, 0) is 75.4 Å². The van der Waals surface area contributed by atoms with Gasteiger partial charge in [0.05, 0.1) is 4.90 Å². The molecule has 6 nitrogen and oxygen atoms in total. The maximum Gasteiger partial charge on any atom is 0.175 e. The predicted octanol–water partition coefficient (Wildman–Crippen LogP) is 2.88. The first-order valence-corrected chi connectivity index (χ1v) is 14.4. The monoisotopic (exact) mass is 463 g/mol. The van der Waals surface area contributed by atoms with E-state index in [2.05, 4.69) is 14.7 Å². The first kappa shape index (κ1) is 24.1. The Balaban J connectivity index is 1.17. The highest BCUT2D eigenvalue weighted by molar-refractivity contribution is 7.90. The minimum Gasteiger partial charge on any atom is -0.381 e. The summed E-state index contributed by atoms with van der Waals surface area (Å²) in [5.74, 6) is 0.681. The van der Waals surface area contributed by atoms with E-state index in [0.29, 0.717) is 16.9 Å². The molecule has 180 valence electrons. The number of rotatable bonds is 9. The van der Waals surface area contributed by atoms with Gasteiger partial charge in [0.2, 0.25) is 0 Å². The van der Waals surface area contributed by atoms with Crippen LogP contribution in [0.25, 0.3) is 0 Å². The number of hydrogen-bond acceptors (Lipinski definition) is 6. The largest absolute Gasteiger partial charge is 0.381 e. The lowest BCUT2D eigenvalue weighted by atomic mass is 9.90. The Morgan fingerprint density at radius 3 is 2.50 bits per heavy atom. The summed E-state index contributed by atoms with van der Waals surface area (Å²) in [6.45, 7) is 11.0. The number of piperidine rings is 2. The minimum absolute atomic E-state index is 0.400. The zero-order chi connectivity index (χ0) is 22.4. The quantitative estimate of drug-likeness (QED) is 0.525. The molecule has 1 aromatic carbocycles. The molecule has 0 radical (unpaired) electrons. The van der Waals surface area contributed by atoms with E-state index >= 15 is 0 Å². The number of nitrogens with zero attached hydrogens (tertiary/aromatic N) is 3. The van der Waals surface area contributed by atoms with Gasteiger partial charge in [-0.15, -0.1) is 0 Å². The van der Waals surface area contributed by atoms with Gasteiger partial charge in [0.25, 0.3) is 0 Å². The van der Waals surface area contributed by atoms with Crippen LogP contribution in [0, 0.1) is 5.92 Å². The number of likely N-dealkylation sites (tertiary alicyclic amines) is 1. The molecule has 0 spiro atoms. The van der Waals surface area contributed by atoms with Crippen molar-refractivity contribution in [2.75, 3.05) is 65.3 Å². The first-order valence-electron chi connectivity index (χ1n) is 12.5. The molecule has 0 N–H and O–H groups in total. The van der Waals surface area contributed by atoms with Crippen LogP contribution in [0.1, 0.15) is 44.1 Å². The number of hydrogen-bond donors (Lipinski definition) is 0. The summed E-state index contributed by atoms with van der Waals surface area (Å²) in [4.78, 5) is 8.18. The fourth-order valence-electron chi connectivity index (χ4n) is 5.54. The second-order valence-electron chi connectivity index (χ2n) is 10.1. The molecule has 0 bridgehead atoms. The molecule has 1 aromatic rings. The average Bonchev–Trinajstić information content (AvgIpc) is 2.79. The summed E-state index contributed by atoms with van der Waals surface area (Å²) in [6.07, 6.45) is 9.05. The lowest BCUT2D eigenvalue weighted by molar-refractivity contribution is -0.000118. The topological polar surface area (TPSA) is 53.1 Å². The van der Waals surface area contributed by atoms with Gasteiger partial charge in [-0.25, -0.2) is 8.42 Å². The molecule has 0 unspecified atom stereocenters. The molecule has 32 heavy (non-hydrogen) atoms. The molecule has 4 rings (SSSR count). The second kappa shape index (κ2) is 11.4. The highest BCUT2D eigenvalue weighted by Gasteiger charge is 2.33. The van der Waals surface area contributed by atoms with Crippen LogP contribution in [0.3, 0.4) is 0 Å². The first-order chi connectivity index (χ1) is 15.5. The zero-order valence-electron chi connectivity index (χ0n) is 19.8. The Bertz CT molecular complexity index is 808. The van der Waals surface area contributed by atoms with E-state index in [1.54, 1.807) is 12.1 Å². The van der Waals surface area contributed by atoms with Crippen molar-refractivity contribution in [1.29, 1.82) is 0 Å². The molecular weight excluding hydrogens is 422 g/mol. The zero-order valence-corrected chi connectivity index (χ0v) is 20.6. The number of ether oxygens (including phenoxy) is 1. The van der Waals surface area contributed by atoms with Gasteiger partial charge in [-0.2, -0.15) is 0 Å². The average molecular weight is 464 g/mol. The van der Waals surface area contributed by atoms with Crippen LogP contribution in [-0.4, -0.2) is 94.4 Å². The number of fused-ring (bicyclic) bond motifs is 1. The smallest absolute Gasteiger partial charge is 0.175 e. The van der Waals surface area contributed by atoms with Crippen molar-refractivity contribution in [3.05, 3.63) is 29.8 Å². The summed E-state index contributed by atoms with van der Waals surface area (Å²) >= 11 is 0. The fraction of sp³-hybridized carbons (Fsp3) is 0.760. The van der Waals surface area contributed by atoms with Crippen molar-refractivity contribution < 1.29 is 13.2 Å². The standard InChI is InChI=1S/C25H41N3O3S/c1-32(29,30)25-8-6-22(7-9-25)19-27-15-16-28-14-10-23(18-24(28)20-27)21-31-17-5-13-26-11-3-2-4-12-26/h6-9,23-24H,2-5,10-21H2,1H3/t23-,24+/m0/s1. The molecule has 3 aliphatic rings. The lowest BCUT2D eigenvalue weighted by Crippen LogP contribution is -2.56. The van der Waals surface area contributed by atoms with E-state index in [-0.39, 0.29) is 0 Å². The van der Waals surface area contributed by atoms with Crippen molar-refractivity contribution >= 4 is 9.84 Å². The van der Waals surface area contributed by atoms with Crippen LogP contribution in [0.2, 0.25) is 0 Å². The summed E-state index contributed by atoms with van der Waals surface area (Å²) in [7, 11) is -3.13. The molecular formula is C25H41N3O3S. The Morgan fingerprint density at radius 2 is 1.75 bits per heavy atom. The highest BCUT2D eigenvalue weighted by Crippen LogP contribution is 2.27. The van der Waals surface area contributed by atoms with Crippen LogP contribution in [0.5, 0.6) is 0 Å². The number of sulfone groups is 1. The Hall–Kier alpha value is -0.990. The lowest BCUT2D eigenvalue weighted by Gasteiger charge is -2.46. The van der Waals surface area contributed by atoms with Crippen LogP contribution < -0.4 is 0 Å². The minimum atomic E-state index is -3.13. The van der Waals surface area contributed by atoms with Crippen molar-refractivity contribution in [1.82, 2.24) is 14.7 Å². The van der Waals surface area contributed by atoms with E-state index in [1.807, 2.05) is 12.1 Å². The molecule has 0 saturated carbocycles. The van der Waals surface area contributed by atoms with E-state index in [9.17, 15) is 8.42 Å². The third kappa shape index (κ3) is 7.00. The second-order valence-corrected chi connectivity index (χ2v) is 12.1. The van der Waals surface area contributed by atoms with Gasteiger partial charge in [0, 0.05) is 58.2 Å². The normalized spacial score (nSPS) is 26.2. The summed E-state index contributed by atoms with van der Waals surface area (Å²) < 4.78 is 29.5. The Labute approximate surface area is 194 Å². The molecule has 7 heteroatoms. The molecule has 3 fully saturated rings. The molecule has 3 heterocycles. The van der Waals surface area contributed by atoms with Gasteiger partial charge in [0.15, 0.2) is 9.84 Å². The van der Waals surface area contributed by atoms with E-state index in [1.165, 1.54) is 70.1 Å². The molecule has 3 aliphatic heterocycles. The third-order valence-electron chi connectivity index (χ3n) is 7.44. The maximum absolute atomic E-state index is 11.7. The summed E-state index contributed by atoms with van der Waals surface area (Å²) in [5.41, 5.74) is 1.19. The molecule has 2 atom stereocenters. The van der Waals surface area contributed by atoms with Gasteiger partial charge >= 0.3 is 0 Å². The maximum atomic E-state index is 11.7. The molecule has 0 aliphatic carbocycles. The van der Waals surface area contributed by atoms with E-state index < -0.39 is 9.84 Å². The third-order valence-corrected chi connectivity index (χ3v) is 8.57. The molecule has 0 amide bonds. The van der Waals surface area contributed by atoms with Crippen molar-refractivity contribution in [2.45, 2.75) is 56.0 Å². The van der Waals surface area contributed by atoms with Gasteiger partial charge in [0.1, 0.15) is 0 Å². The highest BCUT2D eigenvalue weighted by atomic mass is 32.2. The number of benzene rings is 1. The van der Waals surface area contributed by atoms with Crippen LogP contribution in [0.15, 0.2) is 29.2 Å². The summed E-state index contributed by atoms with van der Waals surface area (Å²) in [5, 5.41) is 0. The van der Waals surface area contributed by atoms with E-state index in [4.69, 9.17) is 4.74 Å². The SMILES string of the molecule is CS(=O)(=O)c1ccc(CN2CCN3CC[C@H](COCCCN4CCCCC4)C[C@@H]3C2)cc1. The van der Waals surface area contributed by atoms with Crippen molar-refractivity contribution in [3.63, 3.8) is 0 Å². The predicted molar refractivity (Wildman–Crippen MR) is 129 cm³/mol. The van der Waals surface area contributed by atoms with Crippen LogP contribution in [-0.2, 0) is 21.1 Å². The molecule has 3 saturated heterocycles. The molecule has 0 aromatic heterocycles. The Kier molecular flexibility index (Phi) is 8.62. The van der Waals surface area contributed by atoms with Crippen LogP contribution in [0.4, 0.5) is 0 Å². The van der Waals surface area contributed by atoms with E-state index in [0.717, 1.165) is 45.8 Å². The Morgan fingerprint density at radius 1 is 0.969 bits per heavy atom. The van der Waals surface area contributed by atoms with Crippen molar-refractivity contribution in [2.24, 2.45) is 5.92 Å². The van der Waals surface area contributed by atoms with Gasteiger partial charge in [-0.3, -0.25) is 9.80 Å². The fourth-order valence-corrected chi connectivity index (χ4v) is 6.18. The van der Waals surface area contributed by atoms with Gasteiger partial charge in [-0.1, -0.05) is 18.6 Å². The van der Waals surface area contributed by atoms with Gasteiger partial charge < -0.3 is 9.64 Å². The summed E-state index contributed by atoms with van der Waals surface area (Å²) in [6, 6.07) is 8.02. The van der Waals surface area contributed by atoms with Crippen molar-refractivity contribution in [3.8, 4) is 0 Å². The number of piperazine rings is 1. The van der Waals surface area contributed by atoms with Crippen LogP contribution >= 0.6 is 0 Å².